The summed E-state index contributed by atoms with van der Waals surface area (Å²) >= 11 is 11.4. The third kappa shape index (κ3) is 4.11. The number of nitrogens with one attached hydrogen (secondary N) is 2. The van der Waals surface area contributed by atoms with Gasteiger partial charge in [0.1, 0.15) is 11.3 Å². The highest BCUT2D eigenvalue weighted by Crippen LogP contribution is 2.30. The molecule has 4 aromatic rings. The lowest BCUT2D eigenvalue weighted by atomic mass is 10.2. The molecule has 0 saturated carbocycles. The highest BCUT2D eigenvalue weighted by molar-refractivity contribution is 7.80. The number of thiocarbonyl (C=S) groups is 1. The van der Waals surface area contributed by atoms with Crippen molar-refractivity contribution < 1.29 is 13.6 Å². The van der Waals surface area contributed by atoms with Gasteiger partial charge in [-0.25, -0.2) is 9.37 Å². The molecule has 0 aliphatic rings. The fourth-order valence-corrected chi connectivity index (χ4v) is 3.16. The quantitative estimate of drug-likeness (QED) is 0.429. The molecule has 0 aliphatic heterocycles. The molecule has 1 aromatic heterocycles. The van der Waals surface area contributed by atoms with Crippen molar-refractivity contribution in [2.45, 2.75) is 0 Å². The van der Waals surface area contributed by atoms with E-state index < -0.39 is 11.7 Å². The minimum absolute atomic E-state index is 0.0347. The number of hydrogen-bond donors (Lipinski definition) is 2. The zero-order valence-electron chi connectivity index (χ0n) is 14.8. The Morgan fingerprint density at radius 2 is 1.83 bits per heavy atom. The summed E-state index contributed by atoms with van der Waals surface area (Å²) in [5.74, 6) is -0.855. The van der Waals surface area contributed by atoms with E-state index in [4.69, 9.17) is 28.2 Å². The molecule has 0 radical (unpaired) electrons. The summed E-state index contributed by atoms with van der Waals surface area (Å²) in [7, 11) is 0. The predicted octanol–water partition coefficient (Wildman–Crippen LogP) is 5.41. The van der Waals surface area contributed by atoms with Crippen LogP contribution in [0.25, 0.3) is 22.6 Å². The smallest absolute Gasteiger partial charge is 0.260 e. The van der Waals surface area contributed by atoms with Gasteiger partial charge in [-0.2, -0.15) is 0 Å². The maximum Gasteiger partial charge on any atom is 0.260 e. The Bertz CT molecular complexity index is 1240. The maximum absolute atomic E-state index is 13.7. The Hall–Kier alpha value is -3.29. The van der Waals surface area contributed by atoms with Gasteiger partial charge < -0.3 is 9.73 Å². The van der Waals surface area contributed by atoms with Gasteiger partial charge in [-0.3, -0.25) is 10.1 Å². The third-order valence-electron chi connectivity index (χ3n) is 4.10. The standard InChI is InChI=1S/C21H13ClFN3O2S/c22-15-7-3-1-5-13(15)20-25-17-11-12(9-10-18(17)28-20)24-21(29)26-19(27)14-6-2-4-8-16(14)23/h1-11H,(H2,24,26,27,29). The number of oxazole rings is 1. The monoisotopic (exact) mass is 425 g/mol. The molecule has 0 fully saturated rings. The van der Waals surface area contributed by atoms with Crippen molar-refractivity contribution in [2.75, 3.05) is 5.32 Å². The highest BCUT2D eigenvalue weighted by Gasteiger charge is 2.14. The van der Waals surface area contributed by atoms with Crippen LogP contribution < -0.4 is 10.6 Å². The lowest BCUT2D eigenvalue weighted by Crippen LogP contribution is -2.34. The van der Waals surface area contributed by atoms with Crippen LogP contribution in [0.2, 0.25) is 5.02 Å². The number of amides is 1. The number of benzene rings is 3. The van der Waals surface area contributed by atoms with Crippen molar-refractivity contribution in [2.24, 2.45) is 0 Å². The average molecular weight is 426 g/mol. The first-order valence-electron chi connectivity index (χ1n) is 8.53. The van der Waals surface area contributed by atoms with Crippen molar-refractivity contribution >= 4 is 51.6 Å². The number of aromatic nitrogens is 1. The molecule has 1 heterocycles. The number of halogens is 2. The van der Waals surface area contributed by atoms with Crippen molar-refractivity contribution in [1.29, 1.82) is 0 Å². The second-order valence-corrected chi connectivity index (χ2v) is 6.88. The Morgan fingerprint density at radius 3 is 2.62 bits per heavy atom. The van der Waals surface area contributed by atoms with Crippen LogP contribution in [0.3, 0.4) is 0 Å². The van der Waals surface area contributed by atoms with Crippen LogP contribution in [0.1, 0.15) is 10.4 Å². The Morgan fingerprint density at radius 1 is 1.07 bits per heavy atom. The summed E-state index contributed by atoms with van der Waals surface area (Å²) in [5.41, 5.74) is 2.36. The number of carbonyl (C=O) groups excluding carboxylic acids is 1. The van der Waals surface area contributed by atoms with E-state index in [0.29, 0.717) is 33.3 Å². The van der Waals surface area contributed by atoms with E-state index in [1.165, 1.54) is 18.2 Å². The molecule has 8 heteroatoms. The molecule has 0 bridgehead atoms. The van der Waals surface area contributed by atoms with Crippen LogP contribution in [0.4, 0.5) is 10.1 Å². The molecule has 5 nitrogen and oxygen atoms in total. The normalized spacial score (nSPS) is 10.7. The maximum atomic E-state index is 13.7. The summed E-state index contributed by atoms with van der Waals surface area (Å²) in [5, 5.41) is 5.91. The average Bonchev–Trinajstić information content (AvgIpc) is 3.11. The third-order valence-corrected chi connectivity index (χ3v) is 4.63. The van der Waals surface area contributed by atoms with Crippen LogP contribution in [-0.4, -0.2) is 16.0 Å². The van der Waals surface area contributed by atoms with Gasteiger partial charge in [-0.15, -0.1) is 0 Å². The van der Waals surface area contributed by atoms with Crippen molar-refractivity contribution in [3.8, 4) is 11.5 Å². The second kappa shape index (κ2) is 7.98. The zero-order valence-corrected chi connectivity index (χ0v) is 16.4. The topological polar surface area (TPSA) is 67.2 Å². The van der Waals surface area contributed by atoms with Crippen LogP contribution in [0.15, 0.2) is 71.1 Å². The number of nitrogens with zero attached hydrogens (tertiary/aromatic N) is 1. The highest BCUT2D eigenvalue weighted by atomic mass is 35.5. The van der Waals surface area contributed by atoms with E-state index in [-0.39, 0.29) is 10.7 Å². The Balaban J connectivity index is 1.51. The van der Waals surface area contributed by atoms with Gasteiger partial charge in [0, 0.05) is 5.69 Å². The van der Waals surface area contributed by atoms with Crippen molar-refractivity contribution in [3.05, 3.63) is 83.1 Å². The van der Waals surface area contributed by atoms with E-state index in [9.17, 15) is 9.18 Å². The van der Waals surface area contributed by atoms with Gasteiger partial charge in [0.2, 0.25) is 5.89 Å². The zero-order chi connectivity index (χ0) is 20.4. The largest absolute Gasteiger partial charge is 0.436 e. The number of fused-ring (bicyclic) bond motifs is 1. The molecule has 0 aliphatic carbocycles. The Kier molecular flexibility index (Phi) is 5.24. The van der Waals surface area contributed by atoms with E-state index in [0.717, 1.165) is 0 Å². The van der Waals surface area contributed by atoms with Crippen molar-refractivity contribution in [3.63, 3.8) is 0 Å². The summed E-state index contributed by atoms with van der Waals surface area (Å²) in [6.45, 7) is 0. The Labute approximate surface area is 175 Å². The van der Waals surface area contributed by atoms with Gasteiger partial charge in [-0.05, 0) is 54.7 Å². The predicted molar refractivity (Wildman–Crippen MR) is 115 cm³/mol. The summed E-state index contributed by atoms with van der Waals surface area (Å²) in [6, 6.07) is 18.1. The second-order valence-electron chi connectivity index (χ2n) is 6.07. The van der Waals surface area contributed by atoms with Crippen LogP contribution in [0, 0.1) is 5.82 Å². The van der Waals surface area contributed by atoms with E-state index in [1.807, 2.05) is 18.2 Å². The van der Waals surface area contributed by atoms with Gasteiger partial charge in [0.25, 0.3) is 5.91 Å². The molecule has 3 aromatic carbocycles. The van der Waals surface area contributed by atoms with E-state index in [1.54, 1.807) is 30.3 Å². The fraction of sp³-hybridized carbons (Fsp3) is 0. The first-order valence-corrected chi connectivity index (χ1v) is 9.32. The van der Waals surface area contributed by atoms with Gasteiger partial charge >= 0.3 is 0 Å². The summed E-state index contributed by atoms with van der Waals surface area (Å²) < 4.78 is 19.5. The lowest BCUT2D eigenvalue weighted by Gasteiger charge is -2.09. The first kappa shape index (κ1) is 19.0. The fourth-order valence-electron chi connectivity index (χ4n) is 2.73. The molecule has 0 atom stereocenters. The summed E-state index contributed by atoms with van der Waals surface area (Å²) in [4.78, 5) is 16.6. The lowest BCUT2D eigenvalue weighted by molar-refractivity contribution is 0.0974. The van der Waals surface area contributed by atoms with Crippen molar-refractivity contribution in [1.82, 2.24) is 10.3 Å². The molecular formula is C21H13ClFN3O2S. The molecular weight excluding hydrogens is 413 g/mol. The molecule has 2 N–H and O–H groups in total. The number of hydrogen-bond acceptors (Lipinski definition) is 4. The minimum atomic E-state index is -0.635. The van der Waals surface area contributed by atoms with E-state index >= 15 is 0 Å². The number of carbonyl (C=O) groups is 1. The SMILES string of the molecule is O=C(NC(=S)Nc1ccc2oc(-c3ccccc3Cl)nc2c1)c1ccccc1F. The molecule has 144 valence electrons. The molecule has 1 amide bonds. The molecule has 0 spiro atoms. The molecule has 4 rings (SSSR count). The number of anilines is 1. The van der Waals surface area contributed by atoms with Crippen LogP contribution in [-0.2, 0) is 0 Å². The number of rotatable bonds is 3. The van der Waals surface area contributed by atoms with E-state index in [2.05, 4.69) is 15.6 Å². The molecule has 29 heavy (non-hydrogen) atoms. The minimum Gasteiger partial charge on any atom is -0.436 e. The van der Waals surface area contributed by atoms with Gasteiger partial charge in [0.05, 0.1) is 16.1 Å². The summed E-state index contributed by atoms with van der Waals surface area (Å²) in [6.07, 6.45) is 0. The first-order chi connectivity index (χ1) is 14.0. The van der Waals surface area contributed by atoms with Crippen LogP contribution >= 0.6 is 23.8 Å². The molecule has 0 unspecified atom stereocenters. The molecule has 0 saturated heterocycles. The van der Waals surface area contributed by atoms with Gasteiger partial charge in [0.15, 0.2) is 10.7 Å². The van der Waals surface area contributed by atoms with Crippen LogP contribution in [0.5, 0.6) is 0 Å². The van der Waals surface area contributed by atoms with Gasteiger partial charge in [-0.1, -0.05) is 35.9 Å².